The third kappa shape index (κ3) is 3.06. The molecule has 1 rings (SSSR count). The molecule has 2 N–H and O–H groups in total. The van der Waals surface area contributed by atoms with E-state index in [2.05, 4.69) is 30.3 Å². The van der Waals surface area contributed by atoms with Gasteiger partial charge in [-0.15, -0.1) is 0 Å². The van der Waals surface area contributed by atoms with Gasteiger partial charge in [0.15, 0.2) is 0 Å². The molecule has 2 atom stereocenters. The van der Waals surface area contributed by atoms with Gasteiger partial charge < -0.3 is 10.3 Å². The van der Waals surface area contributed by atoms with Crippen LogP contribution in [-0.4, -0.2) is 9.55 Å². The lowest BCUT2D eigenvalue weighted by Crippen LogP contribution is -2.23. The molecule has 0 aliphatic carbocycles. The number of nitrogens with zero attached hydrogens (tertiary/aromatic N) is 2. The van der Waals surface area contributed by atoms with Crippen LogP contribution < -0.4 is 5.73 Å². The third-order valence-electron chi connectivity index (χ3n) is 2.87. The first-order valence-corrected chi connectivity index (χ1v) is 5.97. The van der Waals surface area contributed by atoms with Crippen LogP contribution in [0.1, 0.15) is 51.9 Å². The summed E-state index contributed by atoms with van der Waals surface area (Å²) in [5, 5.41) is 0. The highest BCUT2D eigenvalue weighted by Gasteiger charge is 2.18. The van der Waals surface area contributed by atoms with Crippen LogP contribution in [0.25, 0.3) is 0 Å². The topological polar surface area (TPSA) is 43.8 Å². The van der Waals surface area contributed by atoms with Crippen molar-refractivity contribution in [1.29, 1.82) is 0 Å². The predicted molar refractivity (Wildman–Crippen MR) is 63.5 cm³/mol. The van der Waals surface area contributed by atoms with Gasteiger partial charge >= 0.3 is 0 Å². The lowest BCUT2D eigenvalue weighted by atomic mass is 9.97. The number of nitrogens with two attached hydrogens (primary N) is 1. The summed E-state index contributed by atoms with van der Waals surface area (Å²) < 4.78 is 2.18. The second kappa shape index (κ2) is 5.91. The van der Waals surface area contributed by atoms with E-state index < -0.39 is 0 Å². The van der Waals surface area contributed by atoms with Gasteiger partial charge in [-0.05, 0) is 18.8 Å². The maximum absolute atomic E-state index is 6.22. The lowest BCUT2D eigenvalue weighted by molar-refractivity contribution is 0.404. The molecule has 2 unspecified atom stereocenters. The molecule has 0 radical (unpaired) electrons. The zero-order valence-corrected chi connectivity index (χ0v) is 10.1. The van der Waals surface area contributed by atoms with Crippen molar-refractivity contribution in [3.63, 3.8) is 0 Å². The Labute approximate surface area is 92.7 Å². The molecule has 3 heteroatoms. The maximum atomic E-state index is 6.22. The van der Waals surface area contributed by atoms with Crippen LogP contribution in [0.15, 0.2) is 12.4 Å². The minimum Gasteiger partial charge on any atom is -0.334 e. The zero-order valence-electron chi connectivity index (χ0n) is 10.1. The van der Waals surface area contributed by atoms with E-state index in [-0.39, 0.29) is 6.04 Å². The Balaban J connectivity index is 2.71. The quantitative estimate of drug-likeness (QED) is 0.783. The van der Waals surface area contributed by atoms with Crippen molar-refractivity contribution in [3.8, 4) is 0 Å². The highest BCUT2D eigenvalue weighted by molar-refractivity contribution is 5.00. The van der Waals surface area contributed by atoms with E-state index in [1.54, 1.807) is 0 Å². The number of aryl methyl sites for hydroxylation is 1. The molecular formula is C12H23N3. The molecule has 1 aromatic heterocycles. The van der Waals surface area contributed by atoms with Crippen LogP contribution >= 0.6 is 0 Å². The molecule has 0 saturated heterocycles. The average Bonchev–Trinajstić information content (AvgIpc) is 2.66. The summed E-state index contributed by atoms with van der Waals surface area (Å²) in [4.78, 5) is 4.38. The first-order chi connectivity index (χ1) is 7.20. The van der Waals surface area contributed by atoms with Crippen molar-refractivity contribution >= 4 is 0 Å². The third-order valence-corrected chi connectivity index (χ3v) is 2.87. The second-order valence-electron chi connectivity index (χ2n) is 4.27. The number of hydrogen-bond acceptors (Lipinski definition) is 2. The Kier molecular flexibility index (Phi) is 4.82. The lowest BCUT2D eigenvalue weighted by Gasteiger charge is -2.19. The first kappa shape index (κ1) is 12.2. The number of aromatic nitrogens is 2. The van der Waals surface area contributed by atoms with Crippen LogP contribution in [0.3, 0.4) is 0 Å². The predicted octanol–water partition coefficient (Wildman–Crippen LogP) is 2.73. The van der Waals surface area contributed by atoms with Crippen molar-refractivity contribution in [3.05, 3.63) is 18.2 Å². The van der Waals surface area contributed by atoms with Crippen LogP contribution in [0, 0.1) is 5.92 Å². The van der Waals surface area contributed by atoms with Crippen LogP contribution in [0.4, 0.5) is 0 Å². The summed E-state index contributed by atoms with van der Waals surface area (Å²) in [5.74, 6) is 1.55. The fraction of sp³-hybridized carbons (Fsp3) is 0.750. The summed E-state index contributed by atoms with van der Waals surface area (Å²) in [6.07, 6.45) is 7.35. The zero-order chi connectivity index (χ0) is 11.3. The smallest absolute Gasteiger partial charge is 0.125 e. The Bertz CT molecular complexity index is 280. The van der Waals surface area contributed by atoms with E-state index in [9.17, 15) is 0 Å². The molecule has 0 aliphatic rings. The van der Waals surface area contributed by atoms with Gasteiger partial charge in [-0.3, -0.25) is 0 Å². The molecule has 86 valence electrons. The number of imidazole rings is 1. The monoisotopic (exact) mass is 209 g/mol. The molecule has 0 fully saturated rings. The molecule has 15 heavy (non-hydrogen) atoms. The molecule has 0 aliphatic heterocycles. The largest absolute Gasteiger partial charge is 0.334 e. The standard InChI is InChI=1S/C12H23N3/c1-4-6-10(3)11(13)12-14-7-9-15(12)8-5-2/h7,9-11H,4-6,8,13H2,1-3H3. The minimum absolute atomic E-state index is 0.0755. The first-order valence-electron chi connectivity index (χ1n) is 5.97. The summed E-state index contributed by atoms with van der Waals surface area (Å²) in [6, 6.07) is 0.0755. The second-order valence-corrected chi connectivity index (χ2v) is 4.27. The van der Waals surface area contributed by atoms with Gasteiger partial charge in [0, 0.05) is 18.9 Å². The van der Waals surface area contributed by atoms with Gasteiger partial charge in [0.2, 0.25) is 0 Å². The van der Waals surface area contributed by atoms with Crippen molar-refractivity contribution in [2.45, 2.75) is 52.6 Å². The fourth-order valence-electron chi connectivity index (χ4n) is 1.94. The van der Waals surface area contributed by atoms with Gasteiger partial charge in [0.1, 0.15) is 5.82 Å². The number of hydrogen-bond donors (Lipinski definition) is 1. The van der Waals surface area contributed by atoms with E-state index in [1.807, 2.05) is 12.4 Å². The Morgan fingerprint density at radius 3 is 2.73 bits per heavy atom. The van der Waals surface area contributed by atoms with Gasteiger partial charge in [0.05, 0.1) is 6.04 Å². The van der Waals surface area contributed by atoms with Crippen molar-refractivity contribution < 1.29 is 0 Å². The number of rotatable bonds is 6. The molecule has 0 bridgehead atoms. The van der Waals surface area contributed by atoms with Crippen LogP contribution in [0.2, 0.25) is 0 Å². The van der Waals surface area contributed by atoms with E-state index in [0.717, 1.165) is 18.8 Å². The van der Waals surface area contributed by atoms with Crippen molar-refractivity contribution in [2.24, 2.45) is 11.7 Å². The van der Waals surface area contributed by atoms with Crippen molar-refractivity contribution in [1.82, 2.24) is 9.55 Å². The molecule has 0 amide bonds. The van der Waals surface area contributed by atoms with Gasteiger partial charge in [0.25, 0.3) is 0 Å². The molecule has 0 saturated carbocycles. The summed E-state index contributed by atoms with van der Waals surface area (Å²) in [7, 11) is 0. The van der Waals surface area contributed by atoms with Crippen molar-refractivity contribution in [2.75, 3.05) is 0 Å². The molecule has 0 spiro atoms. The average molecular weight is 209 g/mol. The van der Waals surface area contributed by atoms with Gasteiger partial charge in [-0.1, -0.05) is 27.2 Å². The van der Waals surface area contributed by atoms with E-state index in [4.69, 9.17) is 5.73 Å². The summed E-state index contributed by atoms with van der Waals surface area (Å²) >= 11 is 0. The van der Waals surface area contributed by atoms with E-state index in [0.29, 0.717) is 5.92 Å². The Morgan fingerprint density at radius 2 is 2.13 bits per heavy atom. The van der Waals surface area contributed by atoms with E-state index in [1.165, 1.54) is 12.8 Å². The highest BCUT2D eigenvalue weighted by atomic mass is 15.1. The molecular weight excluding hydrogens is 186 g/mol. The summed E-state index contributed by atoms with van der Waals surface area (Å²) in [5.41, 5.74) is 6.22. The molecule has 1 heterocycles. The minimum atomic E-state index is 0.0755. The normalized spacial score (nSPS) is 15.2. The molecule has 0 aromatic carbocycles. The van der Waals surface area contributed by atoms with Gasteiger partial charge in [-0.2, -0.15) is 0 Å². The Hall–Kier alpha value is -0.830. The van der Waals surface area contributed by atoms with Gasteiger partial charge in [-0.25, -0.2) is 4.98 Å². The SMILES string of the molecule is CCCC(C)C(N)c1nccn1CCC. The fourth-order valence-corrected chi connectivity index (χ4v) is 1.94. The maximum Gasteiger partial charge on any atom is 0.125 e. The summed E-state index contributed by atoms with van der Waals surface area (Å²) in [6.45, 7) is 7.59. The Morgan fingerprint density at radius 1 is 1.40 bits per heavy atom. The van der Waals surface area contributed by atoms with E-state index >= 15 is 0 Å². The highest BCUT2D eigenvalue weighted by Crippen LogP contribution is 2.21. The molecule has 1 aromatic rings. The van der Waals surface area contributed by atoms with Crippen LogP contribution in [0.5, 0.6) is 0 Å². The van der Waals surface area contributed by atoms with Crippen LogP contribution in [-0.2, 0) is 6.54 Å². The molecule has 3 nitrogen and oxygen atoms in total.